The first-order valence-corrected chi connectivity index (χ1v) is 5.47. The molecule has 0 aromatic heterocycles. The van der Waals surface area contributed by atoms with Gasteiger partial charge in [-0.2, -0.15) is 0 Å². The molecule has 0 fully saturated rings. The van der Waals surface area contributed by atoms with Crippen molar-refractivity contribution in [2.24, 2.45) is 0 Å². The average Bonchev–Trinajstić information content (AvgIpc) is 2.18. The van der Waals surface area contributed by atoms with Crippen LogP contribution in [0.4, 0.5) is 0 Å². The number of benzene rings is 1. The van der Waals surface area contributed by atoms with Crippen molar-refractivity contribution in [2.75, 3.05) is 0 Å². The van der Waals surface area contributed by atoms with Crippen LogP contribution in [0.5, 0.6) is 11.5 Å². The Labute approximate surface area is 97.2 Å². The number of phenolic OH excluding ortho intramolecular Hbond substituents is 2. The van der Waals surface area contributed by atoms with Gasteiger partial charge in [-0.3, -0.25) is 0 Å². The first-order chi connectivity index (χ1) is 7.27. The maximum Gasteiger partial charge on any atom is 0.123 e. The van der Waals surface area contributed by atoms with Crippen LogP contribution in [0.25, 0.3) is 5.57 Å². The van der Waals surface area contributed by atoms with Gasteiger partial charge < -0.3 is 10.2 Å². The summed E-state index contributed by atoms with van der Waals surface area (Å²) < 4.78 is 0. The number of phenols is 2. The van der Waals surface area contributed by atoms with Crippen LogP contribution >= 0.6 is 0 Å². The monoisotopic (exact) mass is 220 g/mol. The van der Waals surface area contributed by atoms with Gasteiger partial charge in [-0.25, -0.2) is 0 Å². The molecule has 0 aliphatic carbocycles. The fraction of sp³-hybridized carbons (Fsp3) is 0.429. The van der Waals surface area contributed by atoms with E-state index in [9.17, 15) is 10.2 Å². The summed E-state index contributed by atoms with van der Waals surface area (Å²) in [5, 5.41) is 19.9. The molecule has 0 heterocycles. The summed E-state index contributed by atoms with van der Waals surface area (Å²) in [6.07, 6.45) is 1.91. The van der Waals surface area contributed by atoms with Crippen LogP contribution in [0.15, 0.2) is 18.2 Å². The van der Waals surface area contributed by atoms with Crippen LogP contribution in [-0.2, 0) is 5.41 Å². The second-order valence-corrected chi connectivity index (χ2v) is 5.11. The lowest BCUT2D eigenvalue weighted by atomic mass is 9.85. The molecule has 2 N–H and O–H groups in total. The molecule has 1 rings (SSSR count). The van der Waals surface area contributed by atoms with Gasteiger partial charge >= 0.3 is 0 Å². The first kappa shape index (κ1) is 12.6. The van der Waals surface area contributed by atoms with Gasteiger partial charge in [-0.1, -0.05) is 26.8 Å². The van der Waals surface area contributed by atoms with Gasteiger partial charge in [0.2, 0.25) is 0 Å². The summed E-state index contributed by atoms with van der Waals surface area (Å²) in [5.74, 6) is 0.458. The summed E-state index contributed by atoms with van der Waals surface area (Å²) in [4.78, 5) is 0. The molecular formula is C14H20O2. The van der Waals surface area contributed by atoms with E-state index in [1.165, 1.54) is 0 Å². The molecular weight excluding hydrogens is 200 g/mol. The summed E-state index contributed by atoms with van der Waals surface area (Å²) >= 11 is 0. The van der Waals surface area contributed by atoms with Crippen molar-refractivity contribution >= 4 is 5.57 Å². The van der Waals surface area contributed by atoms with Crippen molar-refractivity contribution < 1.29 is 10.2 Å². The molecule has 0 aliphatic rings. The van der Waals surface area contributed by atoms with E-state index in [-0.39, 0.29) is 16.9 Å². The zero-order valence-electron chi connectivity index (χ0n) is 10.6. The Morgan fingerprint density at radius 2 is 1.69 bits per heavy atom. The third-order valence-electron chi connectivity index (χ3n) is 2.78. The molecule has 0 amide bonds. The molecule has 0 radical (unpaired) electrons. The van der Waals surface area contributed by atoms with E-state index in [1.807, 2.05) is 40.7 Å². The molecule has 2 heteroatoms. The number of hydrogen-bond acceptors (Lipinski definition) is 2. The minimum absolute atomic E-state index is 0.177. The lowest BCUT2D eigenvalue weighted by Gasteiger charge is -2.21. The summed E-state index contributed by atoms with van der Waals surface area (Å²) in [6, 6.07) is 3.28. The van der Waals surface area contributed by atoms with E-state index >= 15 is 0 Å². The van der Waals surface area contributed by atoms with Gasteiger partial charge in [0.05, 0.1) is 0 Å². The molecule has 0 spiro atoms. The second-order valence-electron chi connectivity index (χ2n) is 5.11. The van der Waals surface area contributed by atoms with E-state index in [4.69, 9.17) is 0 Å². The van der Waals surface area contributed by atoms with Crippen molar-refractivity contribution in [1.29, 1.82) is 0 Å². The van der Waals surface area contributed by atoms with Crippen molar-refractivity contribution in [3.63, 3.8) is 0 Å². The van der Waals surface area contributed by atoms with Crippen LogP contribution in [0, 0.1) is 0 Å². The zero-order valence-corrected chi connectivity index (χ0v) is 10.6. The van der Waals surface area contributed by atoms with Crippen LogP contribution in [-0.4, -0.2) is 10.2 Å². The number of allylic oxidation sites excluding steroid dienone is 2. The second kappa shape index (κ2) is 4.20. The Morgan fingerprint density at radius 3 is 2.12 bits per heavy atom. The molecule has 0 atom stereocenters. The minimum Gasteiger partial charge on any atom is -0.508 e. The van der Waals surface area contributed by atoms with Crippen LogP contribution in [0.1, 0.15) is 45.7 Å². The van der Waals surface area contributed by atoms with Gasteiger partial charge in [0, 0.05) is 11.1 Å². The van der Waals surface area contributed by atoms with Crippen molar-refractivity contribution in [3.8, 4) is 11.5 Å². The predicted octanol–water partition coefficient (Wildman–Crippen LogP) is 3.82. The molecule has 0 aliphatic heterocycles. The van der Waals surface area contributed by atoms with Crippen molar-refractivity contribution in [2.45, 2.75) is 40.0 Å². The first-order valence-electron chi connectivity index (χ1n) is 5.47. The van der Waals surface area contributed by atoms with Gasteiger partial charge in [-0.05, 0) is 37.0 Å². The van der Waals surface area contributed by atoms with Gasteiger partial charge in [-0.15, -0.1) is 0 Å². The maximum atomic E-state index is 9.96. The SMILES string of the molecule is C/C=C(\C)c1cc(O)c(C(C)(C)C)cc1O. The number of hydrogen-bond donors (Lipinski definition) is 2. The normalized spacial score (nSPS) is 12.9. The minimum atomic E-state index is -0.177. The quantitative estimate of drug-likeness (QED) is 0.706. The molecule has 0 unspecified atom stereocenters. The van der Waals surface area contributed by atoms with Gasteiger partial charge in [0.15, 0.2) is 0 Å². The standard InChI is InChI=1S/C14H20O2/c1-6-9(2)10-7-13(16)11(8-12(10)15)14(3,4)5/h6-8,15-16H,1-5H3/b9-6+. The smallest absolute Gasteiger partial charge is 0.123 e. The van der Waals surface area contributed by atoms with E-state index in [0.29, 0.717) is 5.56 Å². The number of aromatic hydroxyl groups is 2. The topological polar surface area (TPSA) is 40.5 Å². The maximum absolute atomic E-state index is 9.96. The Hall–Kier alpha value is -1.44. The van der Waals surface area contributed by atoms with Crippen LogP contribution in [0.2, 0.25) is 0 Å². The molecule has 88 valence electrons. The molecule has 2 nitrogen and oxygen atoms in total. The molecule has 0 saturated heterocycles. The third-order valence-corrected chi connectivity index (χ3v) is 2.78. The fourth-order valence-electron chi connectivity index (χ4n) is 1.65. The van der Waals surface area contributed by atoms with Crippen LogP contribution in [0.3, 0.4) is 0 Å². The predicted molar refractivity (Wildman–Crippen MR) is 67.8 cm³/mol. The summed E-state index contributed by atoms with van der Waals surface area (Å²) in [6.45, 7) is 9.83. The van der Waals surface area contributed by atoms with Gasteiger partial charge in [0.1, 0.15) is 11.5 Å². The molecule has 16 heavy (non-hydrogen) atoms. The largest absolute Gasteiger partial charge is 0.508 e. The molecule has 0 bridgehead atoms. The number of rotatable bonds is 1. The molecule has 1 aromatic carbocycles. The molecule has 0 saturated carbocycles. The summed E-state index contributed by atoms with van der Waals surface area (Å²) in [7, 11) is 0. The Bertz CT molecular complexity index is 423. The lowest BCUT2D eigenvalue weighted by Crippen LogP contribution is -2.11. The highest BCUT2D eigenvalue weighted by molar-refractivity contribution is 5.71. The summed E-state index contributed by atoms with van der Waals surface area (Å²) in [5.41, 5.74) is 2.23. The van der Waals surface area contributed by atoms with E-state index in [1.54, 1.807) is 12.1 Å². The lowest BCUT2D eigenvalue weighted by molar-refractivity contribution is 0.434. The van der Waals surface area contributed by atoms with Crippen LogP contribution < -0.4 is 0 Å². The fourth-order valence-corrected chi connectivity index (χ4v) is 1.65. The van der Waals surface area contributed by atoms with Gasteiger partial charge in [0.25, 0.3) is 0 Å². The van der Waals surface area contributed by atoms with E-state index < -0.39 is 0 Å². The Balaban J connectivity index is 3.39. The van der Waals surface area contributed by atoms with Crippen molar-refractivity contribution in [1.82, 2.24) is 0 Å². The van der Waals surface area contributed by atoms with E-state index in [0.717, 1.165) is 11.1 Å². The average molecular weight is 220 g/mol. The highest BCUT2D eigenvalue weighted by atomic mass is 16.3. The Morgan fingerprint density at radius 1 is 1.12 bits per heavy atom. The highest BCUT2D eigenvalue weighted by Gasteiger charge is 2.20. The highest BCUT2D eigenvalue weighted by Crippen LogP contribution is 2.37. The third kappa shape index (κ3) is 2.38. The Kier molecular flexibility index (Phi) is 3.32. The van der Waals surface area contributed by atoms with E-state index in [2.05, 4.69) is 0 Å². The van der Waals surface area contributed by atoms with Crippen molar-refractivity contribution in [3.05, 3.63) is 29.3 Å². The zero-order chi connectivity index (χ0) is 12.5. The molecule has 1 aromatic rings.